The Balaban J connectivity index is -0.000000191. The van der Waals surface area contributed by atoms with Crippen molar-refractivity contribution in [2.24, 2.45) is 127 Å². The summed E-state index contributed by atoms with van der Waals surface area (Å²) in [5.41, 5.74) is 4.10. The highest BCUT2D eigenvalue weighted by molar-refractivity contribution is 7.99. The summed E-state index contributed by atoms with van der Waals surface area (Å²) in [6.45, 7) is 120. The molecule has 0 saturated carbocycles. The summed E-state index contributed by atoms with van der Waals surface area (Å²) in [7, 11) is 0. The van der Waals surface area contributed by atoms with E-state index in [4.69, 9.17) is 14.2 Å². The Bertz CT molecular complexity index is 1510. The van der Waals surface area contributed by atoms with Crippen LogP contribution in [0.15, 0.2) is 0 Å². The average molecular weight is 1740 g/mol. The van der Waals surface area contributed by atoms with Gasteiger partial charge in [-0.2, -0.15) is 23.5 Å². The van der Waals surface area contributed by atoms with E-state index in [1.54, 1.807) is 0 Å². The van der Waals surface area contributed by atoms with Gasteiger partial charge in [0.15, 0.2) is 0 Å². The molecule has 8 heterocycles. The molecule has 6 nitrogen and oxygen atoms in total. The monoisotopic (exact) mass is 1740 g/mol. The van der Waals surface area contributed by atoms with Crippen molar-refractivity contribution >= 4 is 23.5 Å². The Morgan fingerprint density at radius 1 is 0.233 bits per heavy atom. The van der Waals surface area contributed by atoms with E-state index in [1.165, 1.54) is 223 Å². The van der Waals surface area contributed by atoms with Gasteiger partial charge in [-0.1, -0.05) is 390 Å². The minimum atomic E-state index is 0.179. The Kier molecular flexibility index (Phi) is 91.0. The van der Waals surface area contributed by atoms with Gasteiger partial charge in [-0.3, -0.25) is 0 Å². The van der Waals surface area contributed by atoms with Crippen LogP contribution in [0.4, 0.5) is 0 Å². The van der Waals surface area contributed by atoms with E-state index < -0.39 is 0 Å². The van der Waals surface area contributed by atoms with Crippen LogP contribution in [-0.4, -0.2) is 99.9 Å². The first-order valence-electron chi connectivity index (χ1n) is 53.2. The second-order valence-corrected chi connectivity index (χ2v) is 45.6. The number of hydrogen-bond donors (Lipinski definition) is 3. The lowest BCUT2D eigenvalue weighted by Crippen LogP contribution is -2.56. The van der Waals surface area contributed by atoms with Crippen LogP contribution in [0.25, 0.3) is 0 Å². The molecule has 0 atom stereocenters. The fourth-order valence-electron chi connectivity index (χ4n) is 20.3. The standard InChI is InChI=1S/3C11H23N.3C11H22O.2C11H22S.8C3H8/c1-9(2)11(10(3)4)5-7-12-8-6-11;1-9(2)11(10(3)4)6-5-7-12-8-11;1-9(2)11(10(3)4)7-5-6-8-12-11;1-9(2)11(10(3)4)5-7-12-8-6-11;1-9(2)11(10(3)4)6-5-7-12-8-11;1-9(2)11(10(3)4)7-5-6-8-12-11;1-9(2)11(10(3)4)5-7-12-8-6-11;1-9(2)11(10(3)4)6-5-7-12-8-11;8*1-3-2/h3*9-10,12H,5-8H2,1-4H3;5*9-10H,5-8H2,1-4H3;8*3H2,1-2H3. The first kappa shape index (κ1) is 136. The van der Waals surface area contributed by atoms with Crippen LogP contribution < -0.4 is 16.0 Å². The predicted molar refractivity (Wildman–Crippen MR) is 564 cm³/mol. The van der Waals surface area contributed by atoms with Crippen LogP contribution in [-0.2, 0) is 14.2 Å². The summed E-state index contributed by atoms with van der Waals surface area (Å²) >= 11 is 4.29. The second-order valence-electron chi connectivity index (χ2n) is 43.3. The van der Waals surface area contributed by atoms with Crippen LogP contribution in [0.5, 0.6) is 0 Å². The maximum absolute atomic E-state index is 5.99. The van der Waals surface area contributed by atoms with Gasteiger partial charge >= 0.3 is 0 Å². The lowest BCUT2D eigenvalue weighted by atomic mass is 9.63. The summed E-state index contributed by atoms with van der Waals surface area (Å²) in [4.78, 5) is 0. The van der Waals surface area contributed by atoms with E-state index in [-0.39, 0.29) is 5.60 Å². The van der Waals surface area contributed by atoms with Crippen molar-refractivity contribution in [3.8, 4) is 0 Å². The SMILES string of the molecule is CC(C)C1(C(C)C)CCCCN1.CC(C)C1(C(C)C)CCCCO1.CC(C)C1(C(C)C)CCCNC1.CC(C)C1(C(C)C)CCCOC1.CC(C)C1(C(C)C)CCCSC1.CC(C)C1(C(C)C)CCNCC1.CC(C)C1(C(C)C)CCOCC1.CC(C)C1(C(C)C)CCSCC1.CCC.CCC.CCC.CCC.CCC.CCC.CCC.CCC. The molecule has 3 N–H and O–H groups in total. The molecular formula is C112H243N3O3S2. The van der Waals surface area contributed by atoms with E-state index in [2.05, 4.69) is 372 Å². The second kappa shape index (κ2) is 80.3. The number of ether oxygens (including phenoxy) is 3. The van der Waals surface area contributed by atoms with Crippen LogP contribution in [0.2, 0.25) is 0 Å². The van der Waals surface area contributed by atoms with E-state index in [0.717, 1.165) is 116 Å². The lowest BCUT2D eigenvalue weighted by molar-refractivity contribution is -0.137. The number of hydrogen-bond acceptors (Lipinski definition) is 8. The molecule has 736 valence electrons. The van der Waals surface area contributed by atoms with E-state index in [1.807, 2.05) is 0 Å². The molecule has 8 aliphatic heterocycles. The summed E-state index contributed by atoms with van der Waals surface area (Å²) in [6.07, 6.45) is 34.3. The highest BCUT2D eigenvalue weighted by Gasteiger charge is 2.45. The summed E-state index contributed by atoms with van der Waals surface area (Å²) in [5.74, 6) is 18.2. The largest absolute Gasteiger partial charge is 0.381 e. The minimum Gasteiger partial charge on any atom is -0.381 e. The topological polar surface area (TPSA) is 63.8 Å². The zero-order valence-corrected chi connectivity index (χ0v) is 94.7. The molecule has 0 amide bonds. The third kappa shape index (κ3) is 52.5. The van der Waals surface area contributed by atoms with E-state index in [0.29, 0.717) is 49.9 Å². The normalized spacial score (nSPS) is 20.0. The maximum atomic E-state index is 5.99. The predicted octanol–water partition coefficient (Wildman–Crippen LogP) is 36.5. The molecule has 120 heavy (non-hydrogen) atoms. The number of rotatable bonds is 16. The molecule has 8 heteroatoms. The van der Waals surface area contributed by atoms with Gasteiger partial charge in [0.2, 0.25) is 0 Å². The van der Waals surface area contributed by atoms with Crippen molar-refractivity contribution in [1.82, 2.24) is 16.0 Å². The Hall–Kier alpha value is 0.460. The highest BCUT2D eigenvalue weighted by atomic mass is 32.2. The van der Waals surface area contributed by atoms with Crippen LogP contribution in [0, 0.1) is 127 Å². The van der Waals surface area contributed by atoms with Crippen molar-refractivity contribution in [1.29, 1.82) is 0 Å². The molecule has 0 unspecified atom stereocenters. The molecule has 0 aliphatic carbocycles. The van der Waals surface area contributed by atoms with Gasteiger partial charge < -0.3 is 30.2 Å². The molecule has 0 aromatic rings. The molecule has 0 aromatic heterocycles. The Labute approximate surface area is 775 Å². The molecule has 0 bridgehead atoms. The Morgan fingerprint density at radius 3 is 0.767 bits per heavy atom. The molecule has 8 saturated heterocycles. The third-order valence-electron chi connectivity index (χ3n) is 29.1. The molecule has 8 aliphatic rings. The van der Waals surface area contributed by atoms with Crippen LogP contribution >= 0.6 is 23.5 Å². The summed E-state index contributed by atoms with van der Waals surface area (Å²) in [5, 5.41) is 10.7. The molecule has 8 rings (SSSR count). The zero-order chi connectivity index (χ0) is 95.2. The Morgan fingerprint density at radius 2 is 0.567 bits per heavy atom. The molecule has 0 spiro atoms. The molecular weight excluding hydrogens is 1500 g/mol. The third-order valence-corrected chi connectivity index (χ3v) is 31.4. The van der Waals surface area contributed by atoms with Crippen molar-refractivity contribution in [3.63, 3.8) is 0 Å². The molecule has 0 aromatic carbocycles. The summed E-state index contributed by atoms with van der Waals surface area (Å²) in [6, 6.07) is 0. The number of nitrogens with one attached hydrogen (secondary N) is 3. The van der Waals surface area contributed by atoms with Gasteiger partial charge in [-0.05, 0) is 286 Å². The van der Waals surface area contributed by atoms with Crippen molar-refractivity contribution in [3.05, 3.63) is 0 Å². The van der Waals surface area contributed by atoms with Crippen LogP contribution in [0.1, 0.15) is 499 Å². The van der Waals surface area contributed by atoms with Crippen molar-refractivity contribution in [2.45, 2.75) is 510 Å². The van der Waals surface area contributed by atoms with Gasteiger partial charge in [0.05, 0.1) is 12.2 Å². The minimum absolute atomic E-state index is 0.179. The van der Waals surface area contributed by atoms with Gasteiger partial charge in [-0.15, -0.1) is 0 Å². The van der Waals surface area contributed by atoms with Gasteiger partial charge in [0.1, 0.15) is 0 Å². The maximum Gasteiger partial charge on any atom is 0.0728 e. The van der Waals surface area contributed by atoms with E-state index in [9.17, 15) is 0 Å². The highest BCUT2D eigenvalue weighted by Crippen LogP contribution is 2.50. The summed E-state index contributed by atoms with van der Waals surface area (Å²) < 4.78 is 17.0. The first-order valence-corrected chi connectivity index (χ1v) is 55.5. The van der Waals surface area contributed by atoms with Gasteiger partial charge in [-0.25, -0.2) is 0 Å². The average Bonchev–Trinajstić information content (AvgIpc) is 0.882. The van der Waals surface area contributed by atoms with Crippen molar-refractivity contribution < 1.29 is 14.2 Å². The number of piperidine rings is 3. The van der Waals surface area contributed by atoms with Gasteiger partial charge in [0.25, 0.3) is 0 Å². The zero-order valence-electron chi connectivity index (χ0n) is 93.1. The molecule has 0 radical (unpaired) electrons. The molecule has 8 fully saturated rings. The smallest absolute Gasteiger partial charge is 0.0728 e. The van der Waals surface area contributed by atoms with Gasteiger partial charge in [0, 0.05) is 38.5 Å². The number of thioether (sulfide) groups is 2. The van der Waals surface area contributed by atoms with Crippen LogP contribution in [0.3, 0.4) is 0 Å². The quantitative estimate of drug-likeness (QED) is 0.141. The first-order chi connectivity index (χ1) is 56.1. The van der Waals surface area contributed by atoms with Crippen molar-refractivity contribution in [2.75, 3.05) is 88.8 Å². The lowest BCUT2D eigenvalue weighted by Gasteiger charge is -2.45. The fraction of sp³-hybridized carbons (Fsp3) is 1.00. The van der Waals surface area contributed by atoms with E-state index >= 15 is 0 Å². The fourth-order valence-corrected chi connectivity index (χ4v) is 23.2.